The zero-order valence-electron chi connectivity index (χ0n) is 9.67. The van der Waals surface area contributed by atoms with Crippen molar-refractivity contribution in [3.63, 3.8) is 0 Å². The van der Waals surface area contributed by atoms with Crippen molar-refractivity contribution in [3.8, 4) is 0 Å². The highest BCUT2D eigenvalue weighted by Crippen LogP contribution is 2.36. The fraction of sp³-hybridized carbons (Fsp3) is 0.583. The van der Waals surface area contributed by atoms with Crippen LogP contribution in [0, 0.1) is 0 Å². The molecule has 0 radical (unpaired) electrons. The maximum atomic E-state index is 9.58. The number of aliphatic hydroxyl groups is 1. The maximum Gasteiger partial charge on any atom is 0.123 e. The van der Waals surface area contributed by atoms with Gasteiger partial charge in [0, 0.05) is 19.5 Å². The molecule has 0 saturated carbocycles. The first-order chi connectivity index (χ1) is 8.17. The van der Waals surface area contributed by atoms with Crippen molar-refractivity contribution in [3.05, 3.63) is 18.3 Å². The molecular weight excluding hydrogens is 218 g/mol. The molecule has 0 bridgehead atoms. The molecule has 3 rings (SSSR count). The van der Waals surface area contributed by atoms with Crippen LogP contribution in [0.1, 0.15) is 12.8 Å². The third-order valence-corrected chi connectivity index (χ3v) is 3.64. The Hall–Kier alpha value is -1.33. The van der Waals surface area contributed by atoms with Gasteiger partial charge in [0.2, 0.25) is 0 Å². The van der Waals surface area contributed by atoms with Crippen LogP contribution < -0.4 is 10.6 Å². The largest absolute Gasteiger partial charge is 0.391 e. The second-order valence-electron chi connectivity index (χ2n) is 4.96. The van der Waals surface area contributed by atoms with Gasteiger partial charge in [-0.05, 0) is 18.6 Å². The number of ether oxygens (including phenoxy) is 1. The smallest absolute Gasteiger partial charge is 0.123 e. The molecule has 1 aromatic heterocycles. The summed E-state index contributed by atoms with van der Waals surface area (Å²) < 4.78 is 5.75. The molecule has 17 heavy (non-hydrogen) atoms. The fourth-order valence-corrected chi connectivity index (χ4v) is 2.75. The second kappa shape index (κ2) is 3.85. The maximum absolute atomic E-state index is 9.58. The van der Waals surface area contributed by atoms with Gasteiger partial charge < -0.3 is 20.5 Å². The van der Waals surface area contributed by atoms with Crippen molar-refractivity contribution in [1.29, 1.82) is 0 Å². The number of hydrogen-bond donors (Lipinski definition) is 2. The van der Waals surface area contributed by atoms with Crippen molar-refractivity contribution in [2.75, 3.05) is 30.3 Å². The standard InChI is InChI=1S/C12H17N3O2/c13-11-2-1-9(6-14-11)15-4-3-12(8-15)5-10(16)7-17-12/h1-2,6,10,16H,3-5,7-8H2,(H2,13,14). The van der Waals surface area contributed by atoms with Crippen molar-refractivity contribution in [2.24, 2.45) is 0 Å². The molecule has 0 amide bonds. The van der Waals surface area contributed by atoms with Gasteiger partial charge in [-0.2, -0.15) is 0 Å². The van der Waals surface area contributed by atoms with E-state index in [1.54, 1.807) is 6.20 Å². The summed E-state index contributed by atoms with van der Waals surface area (Å²) in [4.78, 5) is 6.34. The zero-order valence-corrected chi connectivity index (χ0v) is 9.67. The van der Waals surface area contributed by atoms with Gasteiger partial charge in [0.05, 0.1) is 30.2 Å². The summed E-state index contributed by atoms with van der Waals surface area (Å²) in [6.45, 7) is 2.24. The quantitative estimate of drug-likeness (QED) is 0.737. The number of nitrogens with zero attached hydrogens (tertiary/aromatic N) is 2. The molecule has 5 nitrogen and oxygen atoms in total. The SMILES string of the molecule is Nc1ccc(N2CCC3(CC(O)CO3)C2)cn1. The Bertz CT molecular complexity index is 409. The fourth-order valence-electron chi connectivity index (χ4n) is 2.75. The van der Waals surface area contributed by atoms with Crippen LogP contribution >= 0.6 is 0 Å². The highest BCUT2D eigenvalue weighted by molar-refractivity contribution is 5.49. The average molecular weight is 235 g/mol. The Labute approximate surface area is 100 Å². The van der Waals surface area contributed by atoms with Gasteiger partial charge in [-0.3, -0.25) is 0 Å². The molecule has 2 unspecified atom stereocenters. The van der Waals surface area contributed by atoms with Crippen LogP contribution in [-0.2, 0) is 4.74 Å². The molecule has 0 aliphatic carbocycles. The van der Waals surface area contributed by atoms with Crippen LogP contribution in [0.2, 0.25) is 0 Å². The van der Waals surface area contributed by atoms with Crippen molar-refractivity contribution in [2.45, 2.75) is 24.5 Å². The molecule has 92 valence electrons. The molecule has 1 aromatic rings. The lowest BCUT2D eigenvalue weighted by atomic mass is 9.98. The van der Waals surface area contributed by atoms with Crippen LogP contribution in [0.4, 0.5) is 11.5 Å². The Morgan fingerprint density at radius 2 is 2.41 bits per heavy atom. The first kappa shape index (κ1) is 10.8. The average Bonchev–Trinajstić information content (AvgIpc) is 2.88. The van der Waals surface area contributed by atoms with E-state index in [-0.39, 0.29) is 11.7 Å². The summed E-state index contributed by atoms with van der Waals surface area (Å²) in [6, 6.07) is 3.79. The van der Waals surface area contributed by atoms with Crippen LogP contribution in [0.5, 0.6) is 0 Å². The molecule has 1 spiro atoms. The Kier molecular flexibility index (Phi) is 2.45. The minimum absolute atomic E-state index is 0.152. The number of nitrogen functional groups attached to an aromatic ring is 1. The molecule has 2 aliphatic rings. The van der Waals surface area contributed by atoms with Gasteiger partial charge in [-0.25, -0.2) is 4.98 Å². The molecule has 2 atom stereocenters. The molecule has 3 heterocycles. The second-order valence-corrected chi connectivity index (χ2v) is 4.96. The Morgan fingerprint density at radius 1 is 1.53 bits per heavy atom. The van der Waals surface area contributed by atoms with E-state index in [0.717, 1.165) is 31.6 Å². The highest BCUT2D eigenvalue weighted by atomic mass is 16.5. The van der Waals surface area contributed by atoms with Crippen molar-refractivity contribution < 1.29 is 9.84 Å². The van der Waals surface area contributed by atoms with Crippen LogP contribution in [0.25, 0.3) is 0 Å². The normalized spacial score (nSPS) is 32.5. The minimum Gasteiger partial charge on any atom is -0.391 e. The third-order valence-electron chi connectivity index (χ3n) is 3.64. The van der Waals surface area contributed by atoms with Gasteiger partial charge in [-0.15, -0.1) is 0 Å². The lowest BCUT2D eigenvalue weighted by molar-refractivity contribution is 0.0185. The number of hydrogen-bond acceptors (Lipinski definition) is 5. The van der Waals surface area contributed by atoms with Crippen LogP contribution in [0.15, 0.2) is 18.3 Å². The monoisotopic (exact) mass is 235 g/mol. The molecule has 2 fully saturated rings. The third kappa shape index (κ3) is 1.96. The van der Waals surface area contributed by atoms with E-state index in [0.29, 0.717) is 12.4 Å². The molecule has 5 heteroatoms. The van der Waals surface area contributed by atoms with Gasteiger partial charge >= 0.3 is 0 Å². The van der Waals surface area contributed by atoms with E-state index in [1.807, 2.05) is 12.1 Å². The van der Waals surface area contributed by atoms with E-state index in [1.165, 1.54) is 0 Å². The summed E-state index contributed by atoms with van der Waals surface area (Å²) in [5, 5.41) is 9.58. The minimum atomic E-state index is -0.306. The topological polar surface area (TPSA) is 71.6 Å². The van der Waals surface area contributed by atoms with E-state index in [9.17, 15) is 5.11 Å². The predicted molar refractivity (Wildman–Crippen MR) is 64.8 cm³/mol. The lowest BCUT2D eigenvalue weighted by Crippen LogP contribution is -2.33. The molecule has 2 saturated heterocycles. The number of nitrogens with two attached hydrogens (primary N) is 1. The Balaban J connectivity index is 1.74. The predicted octanol–water partition coefficient (Wildman–Crippen LogP) is 0.394. The molecular formula is C12H17N3O2. The number of aromatic nitrogens is 1. The van der Waals surface area contributed by atoms with Crippen molar-refractivity contribution in [1.82, 2.24) is 4.98 Å². The Morgan fingerprint density at radius 3 is 3.06 bits per heavy atom. The summed E-state index contributed by atoms with van der Waals surface area (Å²) in [5.74, 6) is 0.537. The number of aliphatic hydroxyl groups excluding tert-OH is 1. The van der Waals surface area contributed by atoms with Crippen molar-refractivity contribution >= 4 is 11.5 Å². The van der Waals surface area contributed by atoms with Gasteiger partial charge in [-0.1, -0.05) is 0 Å². The lowest BCUT2D eigenvalue weighted by Gasteiger charge is -2.24. The summed E-state index contributed by atoms with van der Waals surface area (Å²) in [7, 11) is 0. The van der Waals surface area contributed by atoms with E-state index < -0.39 is 0 Å². The molecule has 0 aromatic carbocycles. The van der Waals surface area contributed by atoms with Crippen LogP contribution in [-0.4, -0.2) is 41.5 Å². The highest BCUT2D eigenvalue weighted by Gasteiger charge is 2.45. The molecule has 2 aliphatic heterocycles. The summed E-state index contributed by atoms with van der Waals surface area (Å²) >= 11 is 0. The van der Waals surface area contributed by atoms with E-state index >= 15 is 0 Å². The molecule has 3 N–H and O–H groups in total. The van der Waals surface area contributed by atoms with Gasteiger partial charge in [0.15, 0.2) is 0 Å². The van der Waals surface area contributed by atoms with Gasteiger partial charge in [0.25, 0.3) is 0 Å². The van der Waals surface area contributed by atoms with E-state index in [4.69, 9.17) is 10.5 Å². The summed E-state index contributed by atoms with van der Waals surface area (Å²) in [5.41, 5.74) is 6.49. The number of rotatable bonds is 1. The van der Waals surface area contributed by atoms with E-state index in [2.05, 4.69) is 9.88 Å². The number of pyridine rings is 1. The first-order valence-electron chi connectivity index (χ1n) is 5.95. The summed E-state index contributed by atoms with van der Waals surface area (Å²) in [6.07, 6.45) is 3.19. The number of anilines is 2. The van der Waals surface area contributed by atoms with Gasteiger partial charge in [0.1, 0.15) is 5.82 Å². The first-order valence-corrected chi connectivity index (χ1v) is 5.95. The van der Waals surface area contributed by atoms with Crippen LogP contribution in [0.3, 0.4) is 0 Å². The zero-order chi connectivity index (χ0) is 11.9.